The molecule has 0 amide bonds. The van der Waals surface area contributed by atoms with E-state index in [0.717, 1.165) is 46.9 Å². The summed E-state index contributed by atoms with van der Waals surface area (Å²) in [5.74, 6) is 1.82. The zero-order valence-electron chi connectivity index (χ0n) is 11.9. The Balaban J connectivity index is 1.80. The van der Waals surface area contributed by atoms with Gasteiger partial charge < -0.3 is 14.8 Å². The van der Waals surface area contributed by atoms with Crippen molar-refractivity contribution in [2.45, 2.75) is 32.1 Å². The fourth-order valence-electron chi connectivity index (χ4n) is 3.34. The molecule has 1 N–H and O–H groups in total. The Kier molecular flexibility index (Phi) is 2.77. The van der Waals surface area contributed by atoms with Crippen LogP contribution in [-0.2, 0) is 4.79 Å². The van der Waals surface area contributed by atoms with Gasteiger partial charge in [-0.1, -0.05) is 12.1 Å². The Morgan fingerprint density at radius 3 is 2.95 bits per heavy atom. The van der Waals surface area contributed by atoms with Gasteiger partial charge in [0.05, 0.1) is 0 Å². The van der Waals surface area contributed by atoms with E-state index >= 15 is 0 Å². The molecule has 0 fully saturated rings. The SMILES string of the molecule is CC1=CC(c2ccc3c(c2)OCO3)C2=C(CCCC2=O)N1. The van der Waals surface area contributed by atoms with Crippen LogP contribution in [0.5, 0.6) is 11.5 Å². The topological polar surface area (TPSA) is 47.6 Å². The van der Waals surface area contributed by atoms with Gasteiger partial charge >= 0.3 is 0 Å². The van der Waals surface area contributed by atoms with E-state index < -0.39 is 0 Å². The Labute approximate surface area is 123 Å². The van der Waals surface area contributed by atoms with Crippen molar-refractivity contribution in [1.29, 1.82) is 0 Å². The lowest BCUT2D eigenvalue weighted by Crippen LogP contribution is -2.28. The molecule has 0 spiro atoms. The lowest BCUT2D eigenvalue weighted by molar-refractivity contribution is -0.116. The van der Waals surface area contributed by atoms with Crippen LogP contribution in [0.1, 0.15) is 37.7 Å². The maximum Gasteiger partial charge on any atom is 0.231 e. The second-order valence-corrected chi connectivity index (χ2v) is 5.73. The summed E-state index contributed by atoms with van der Waals surface area (Å²) in [6, 6.07) is 5.95. The molecule has 21 heavy (non-hydrogen) atoms. The minimum absolute atomic E-state index is 0.0172. The lowest BCUT2D eigenvalue weighted by Gasteiger charge is -2.30. The van der Waals surface area contributed by atoms with Crippen LogP contribution in [0, 0.1) is 0 Å². The van der Waals surface area contributed by atoms with Crippen molar-refractivity contribution in [1.82, 2.24) is 5.32 Å². The van der Waals surface area contributed by atoms with Crippen LogP contribution in [-0.4, -0.2) is 12.6 Å². The number of ether oxygens (including phenoxy) is 2. The van der Waals surface area contributed by atoms with Gasteiger partial charge in [-0.05, 0) is 37.5 Å². The highest BCUT2D eigenvalue weighted by Gasteiger charge is 2.31. The molecule has 4 nitrogen and oxygen atoms in total. The maximum atomic E-state index is 12.4. The van der Waals surface area contributed by atoms with Crippen LogP contribution >= 0.6 is 0 Å². The number of hydrogen-bond donors (Lipinski definition) is 1. The first-order valence-corrected chi connectivity index (χ1v) is 7.33. The van der Waals surface area contributed by atoms with Crippen molar-refractivity contribution in [3.05, 3.63) is 46.8 Å². The zero-order valence-corrected chi connectivity index (χ0v) is 11.9. The molecule has 4 heteroatoms. The van der Waals surface area contributed by atoms with Crippen molar-refractivity contribution in [3.8, 4) is 11.5 Å². The number of Topliss-reactive ketones (excluding diaryl/α,β-unsaturated/α-hetero) is 1. The van der Waals surface area contributed by atoms with Gasteiger partial charge in [-0.2, -0.15) is 0 Å². The van der Waals surface area contributed by atoms with Crippen molar-refractivity contribution in [3.63, 3.8) is 0 Å². The molecule has 1 aromatic carbocycles. The molecule has 0 radical (unpaired) electrons. The summed E-state index contributed by atoms with van der Waals surface area (Å²) < 4.78 is 10.8. The van der Waals surface area contributed by atoms with E-state index in [4.69, 9.17) is 9.47 Å². The fraction of sp³-hybridized carbons (Fsp3) is 0.353. The molecule has 0 saturated heterocycles. The first kappa shape index (κ1) is 12.5. The lowest BCUT2D eigenvalue weighted by atomic mass is 9.79. The second-order valence-electron chi connectivity index (χ2n) is 5.73. The standard InChI is InChI=1S/C17H17NO3/c1-10-7-12(17-13(18-10)3-2-4-14(17)19)11-5-6-15-16(8-11)21-9-20-15/h5-8,12,18H,2-4,9H2,1H3. The smallest absolute Gasteiger partial charge is 0.231 e. The summed E-state index contributed by atoms with van der Waals surface area (Å²) >= 11 is 0. The average Bonchev–Trinajstić information content (AvgIpc) is 2.93. The van der Waals surface area contributed by atoms with Gasteiger partial charge in [-0.3, -0.25) is 4.79 Å². The van der Waals surface area contributed by atoms with E-state index in [9.17, 15) is 4.79 Å². The largest absolute Gasteiger partial charge is 0.454 e. The van der Waals surface area contributed by atoms with E-state index in [1.54, 1.807) is 0 Å². The highest BCUT2D eigenvalue weighted by atomic mass is 16.7. The summed E-state index contributed by atoms with van der Waals surface area (Å²) in [7, 11) is 0. The van der Waals surface area contributed by atoms with E-state index in [0.29, 0.717) is 6.42 Å². The number of dihydropyridines is 1. The number of ketones is 1. The molecule has 0 aromatic heterocycles. The molecule has 4 rings (SSSR count). The molecule has 108 valence electrons. The Morgan fingerprint density at radius 1 is 1.19 bits per heavy atom. The molecule has 1 unspecified atom stereocenters. The van der Waals surface area contributed by atoms with Crippen LogP contribution in [0.4, 0.5) is 0 Å². The number of nitrogens with one attached hydrogen (secondary N) is 1. The Hall–Kier alpha value is -2.23. The predicted molar refractivity (Wildman–Crippen MR) is 78.1 cm³/mol. The maximum absolute atomic E-state index is 12.4. The first-order valence-electron chi connectivity index (χ1n) is 7.33. The molecule has 1 atom stereocenters. The summed E-state index contributed by atoms with van der Waals surface area (Å²) in [5, 5.41) is 3.36. The minimum atomic E-state index is 0.0172. The molecular formula is C17H17NO3. The minimum Gasteiger partial charge on any atom is -0.454 e. The van der Waals surface area contributed by atoms with Crippen LogP contribution in [0.2, 0.25) is 0 Å². The number of carbonyl (C=O) groups excluding carboxylic acids is 1. The molecule has 1 aliphatic carbocycles. The summed E-state index contributed by atoms with van der Waals surface area (Å²) in [4.78, 5) is 12.4. The third-order valence-electron chi connectivity index (χ3n) is 4.29. The van der Waals surface area contributed by atoms with Gasteiger partial charge in [-0.15, -0.1) is 0 Å². The number of benzene rings is 1. The van der Waals surface area contributed by atoms with Crippen molar-refractivity contribution < 1.29 is 14.3 Å². The van der Waals surface area contributed by atoms with Gasteiger partial charge in [0, 0.05) is 29.3 Å². The van der Waals surface area contributed by atoms with Crippen molar-refractivity contribution >= 4 is 5.78 Å². The van der Waals surface area contributed by atoms with Crippen LogP contribution in [0.15, 0.2) is 41.2 Å². The summed E-state index contributed by atoms with van der Waals surface area (Å²) in [6.45, 7) is 2.32. The van der Waals surface area contributed by atoms with Gasteiger partial charge in [0.1, 0.15) is 0 Å². The molecule has 2 aliphatic heterocycles. The summed E-state index contributed by atoms with van der Waals surface area (Å²) in [5.41, 5.74) is 4.20. The number of rotatable bonds is 1. The average molecular weight is 283 g/mol. The highest BCUT2D eigenvalue weighted by Crippen LogP contribution is 2.41. The van der Waals surface area contributed by atoms with E-state index in [1.165, 1.54) is 0 Å². The Bertz CT molecular complexity index is 687. The zero-order chi connectivity index (χ0) is 14.4. The Morgan fingerprint density at radius 2 is 2.05 bits per heavy atom. The molecule has 3 aliphatic rings. The number of carbonyl (C=O) groups is 1. The fourth-order valence-corrected chi connectivity index (χ4v) is 3.34. The molecule has 0 saturated carbocycles. The van der Waals surface area contributed by atoms with Crippen molar-refractivity contribution in [2.75, 3.05) is 6.79 Å². The molecule has 0 bridgehead atoms. The number of allylic oxidation sites excluding steroid dienone is 4. The van der Waals surface area contributed by atoms with E-state index in [2.05, 4.69) is 11.4 Å². The first-order chi connectivity index (χ1) is 10.2. The van der Waals surface area contributed by atoms with Crippen LogP contribution in [0.25, 0.3) is 0 Å². The second kappa shape index (κ2) is 4.65. The van der Waals surface area contributed by atoms with E-state index in [-0.39, 0.29) is 18.5 Å². The van der Waals surface area contributed by atoms with Crippen molar-refractivity contribution in [2.24, 2.45) is 0 Å². The molecule has 1 aromatic rings. The van der Waals surface area contributed by atoms with E-state index in [1.807, 2.05) is 25.1 Å². The normalized spacial score (nSPS) is 23.6. The monoisotopic (exact) mass is 283 g/mol. The van der Waals surface area contributed by atoms with Crippen LogP contribution in [0.3, 0.4) is 0 Å². The van der Waals surface area contributed by atoms with Crippen LogP contribution < -0.4 is 14.8 Å². The van der Waals surface area contributed by atoms with Gasteiger partial charge in [0.15, 0.2) is 17.3 Å². The predicted octanol–water partition coefficient (Wildman–Crippen LogP) is 3.01. The molecule has 2 heterocycles. The third-order valence-corrected chi connectivity index (χ3v) is 4.29. The van der Waals surface area contributed by atoms with Gasteiger partial charge in [0.2, 0.25) is 6.79 Å². The third kappa shape index (κ3) is 2.02. The number of fused-ring (bicyclic) bond motifs is 1. The van der Waals surface area contributed by atoms with Gasteiger partial charge in [0.25, 0.3) is 0 Å². The quantitative estimate of drug-likeness (QED) is 0.860. The summed E-state index contributed by atoms with van der Waals surface area (Å²) in [6.07, 6.45) is 4.66. The highest BCUT2D eigenvalue weighted by molar-refractivity contribution is 5.99. The van der Waals surface area contributed by atoms with Gasteiger partial charge in [-0.25, -0.2) is 0 Å². The molecular weight excluding hydrogens is 266 g/mol. The number of hydrogen-bond acceptors (Lipinski definition) is 4.